The van der Waals surface area contributed by atoms with Crippen molar-refractivity contribution in [2.24, 2.45) is 0 Å². The second-order valence-corrected chi connectivity index (χ2v) is 3.58. The molecule has 0 spiro atoms. The third kappa shape index (κ3) is 11.2. The van der Waals surface area contributed by atoms with Crippen LogP contribution in [0.3, 0.4) is 0 Å². The van der Waals surface area contributed by atoms with Gasteiger partial charge in [-0.25, -0.2) is 5.06 Å². The molecule has 0 fully saturated rings. The number of allylic oxidation sites excluding steroid dienone is 5. The molecule has 1 amide bonds. The summed E-state index contributed by atoms with van der Waals surface area (Å²) in [7, 11) is 0. The number of nitrogens with zero attached hydrogens (tertiary/aromatic N) is 1. The summed E-state index contributed by atoms with van der Waals surface area (Å²) in [5.41, 5.74) is 1.05. The quantitative estimate of drug-likeness (QED) is 0.308. The summed E-state index contributed by atoms with van der Waals surface area (Å²) >= 11 is 0. The van der Waals surface area contributed by atoms with Crippen LogP contribution in [-0.4, -0.2) is 22.7 Å². The second-order valence-electron chi connectivity index (χ2n) is 3.58. The van der Waals surface area contributed by atoms with E-state index < -0.39 is 0 Å². The number of hydrogen-bond donors (Lipinski definition) is 1. The fraction of sp³-hybridized carbons (Fsp3) is 0.438. The van der Waals surface area contributed by atoms with E-state index >= 15 is 0 Å². The molecule has 108 valence electrons. The van der Waals surface area contributed by atoms with Crippen molar-refractivity contribution in [2.45, 2.75) is 40.0 Å². The highest BCUT2D eigenvalue weighted by Crippen LogP contribution is 2.09. The van der Waals surface area contributed by atoms with E-state index in [-0.39, 0.29) is 12.5 Å². The van der Waals surface area contributed by atoms with Gasteiger partial charge in [0.2, 0.25) is 5.91 Å². The van der Waals surface area contributed by atoms with E-state index in [4.69, 9.17) is 0 Å². The summed E-state index contributed by atoms with van der Waals surface area (Å²) in [5.74, 6) is -0.259. The summed E-state index contributed by atoms with van der Waals surface area (Å²) in [5, 5.41) is 10.1. The molecule has 0 bridgehead atoms. The largest absolute Gasteiger partial charge is 0.286 e. The van der Waals surface area contributed by atoms with Crippen molar-refractivity contribution in [2.75, 3.05) is 6.54 Å². The monoisotopic (exact) mass is 265 g/mol. The van der Waals surface area contributed by atoms with E-state index in [1.165, 1.54) is 0 Å². The molecule has 0 unspecified atom stereocenters. The van der Waals surface area contributed by atoms with Gasteiger partial charge in [-0.15, -0.1) is 0 Å². The fourth-order valence-corrected chi connectivity index (χ4v) is 1.28. The molecule has 0 aromatic carbocycles. The highest BCUT2D eigenvalue weighted by atomic mass is 16.5. The van der Waals surface area contributed by atoms with E-state index in [1.54, 1.807) is 24.3 Å². The van der Waals surface area contributed by atoms with E-state index in [2.05, 4.69) is 13.2 Å². The van der Waals surface area contributed by atoms with Crippen molar-refractivity contribution in [3.63, 3.8) is 0 Å². The van der Waals surface area contributed by atoms with Gasteiger partial charge in [0.15, 0.2) is 0 Å². The molecule has 0 aliphatic carbocycles. The molecule has 0 saturated heterocycles. The van der Waals surface area contributed by atoms with Crippen LogP contribution in [0, 0.1) is 0 Å². The lowest BCUT2D eigenvalue weighted by Crippen LogP contribution is -2.27. The maximum atomic E-state index is 11.5. The zero-order chi connectivity index (χ0) is 15.1. The Balaban J connectivity index is 0. The standard InChI is InChI=1S/C14H21NO2.C2H6/c1-4-7-12-15(17)14(16)11-8-10-13(6-3)9-5-2;1-2/h4-7,9,17H,2-3,8,10-12H2,1H3;1-2H3/b7-4+,13-9+;. The molecule has 3 nitrogen and oxygen atoms in total. The average Bonchev–Trinajstić information content (AvgIpc) is 2.45. The summed E-state index contributed by atoms with van der Waals surface area (Å²) in [4.78, 5) is 11.5. The smallest absolute Gasteiger partial charge is 0.246 e. The molecule has 0 aliphatic rings. The number of carbonyl (C=O) groups is 1. The van der Waals surface area contributed by atoms with Crippen LogP contribution in [0.1, 0.15) is 40.0 Å². The normalized spacial score (nSPS) is 10.6. The van der Waals surface area contributed by atoms with Crippen LogP contribution >= 0.6 is 0 Å². The zero-order valence-corrected chi connectivity index (χ0v) is 12.4. The minimum atomic E-state index is -0.259. The molecule has 0 aliphatic heterocycles. The van der Waals surface area contributed by atoms with Crippen LogP contribution in [0.25, 0.3) is 0 Å². The summed E-state index contributed by atoms with van der Waals surface area (Å²) in [6.07, 6.45) is 10.6. The van der Waals surface area contributed by atoms with Crippen LogP contribution in [0.15, 0.2) is 49.1 Å². The Kier molecular flexibility index (Phi) is 15.0. The molecule has 0 aromatic heterocycles. The Labute approximate surface area is 117 Å². The van der Waals surface area contributed by atoms with Gasteiger partial charge < -0.3 is 0 Å². The lowest BCUT2D eigenvalue weighted by Gasteiger charge is -2.12. The van der Waals surface area contributed by atoms with E-state index in [9.17, 15) is 10.0 Å². The molecule has 1 N–H and O–H groups in total. The first-order valence-electron chi connectivity index (χ1n) is 6.70. The first-order chi connectivity index (χ1) is 9.15. The van der Waals surface area contributed by atoms with Crippen LogP contribution in [0.2, 0.25) is 0 Å². The molecular formula is C16H27NO2. The van der Waals surface area contributed by atoms with Crippen LogP contribution in [0.5, 0.6) is 0 Å². The van der Waals surface area contributed by atoms with Gasteiger partial charge in [-0.3, -0.25) is 10.0 Å². The van der Waals surface area contributed by atoms with Gasteiger partial charge in [0.25, 0.3) is 0 Å². The molecule has 0 rings (SSSR count). The molecule has 3 heteroatoms. The number of carbonyl (C=O) groups excluding carboxylic acids is 1. The average molecular weight is 265 g/mol. The molecular weight excluding hydrogens is 238 g/mol. The Morgan fingerprint density at radius 2 is 1.89 bits per heavy atom. The van der Waals surface area contributed by atoms with Crippen molar-refractivity contribution in [1.29, 1.82) is 0 Å². The van der Waals surface area contributed by atoms with E-state index in [1.807, 2.05) is 26.8 Å². The van der Waals surface area contributed by atoms with Gasteiger partial charge in [-0.1, -0.05) is 57.4 Å². The highest BCUT2D eigenvalue weighted by molar-refractivity contribution is 5.75. The van der Waals surface area contributed by atoms with Gasteiger partial charge >= 0.3 is 0 Å². The predicted molar refractivity (Wildman–Crippen MR) is 82.0 cm³/mol. The molecule has 19 heavy (non-hydrogen) atoms. The maximum Gasteiger partial charge on any atom is 0.246 e. The number of amides is 1. The fourth-order valence-electron chi connectivity index (χ4n) is 1.28. The predicted octanol–water partition coefficient (Wildman–Crippen LogP) is 4.28. The lowest BCUT2D eigenvalue weighted by molar-refractivity contribution is -0.162. The first kappa shape index (κ1) is 19.7. The highest BCUT2D eigenvalue weighted by Gasteiger charge is 2.08. The van der Waals surface area contributed by atoms with Crippen LogP contribution in [-0.2, 0) is 4.79 Å². The minimum absolute atomic E-state index is 0.242. The van der Waals surface area contributed by atoms with Gasteiger partial charge in [-0.2, -0.15) is 0 Å². The lowest BCUT2D eigenvalue weighted by atomic mass is 10.1. The van der Waals surface area contributed by atoms with Gasteiger partial charge in [0, 0.05) is 6.42 Å². The first-order valence-corrected chi connectivity index (χ1v) is 6.70. The van der Waals surface area contributed by atoms with Crippen molar-refractivity contribution in [3.05, 3.63) is 49.1 Å². The molecule has 0 saturated carbocycles. The Morgan fingerprint density at radius 1 is 1.26 bits per heavy atom. The Bertz CT molecular complexity index is 317. The van der Waals surface area contributed by atoms with Gasteiger partial charge in [-0.05, 0) is 25.3 Å². The number of rotatable bonds is 8. The minimum Gasteiger partial charge on any atom is -0.286 e. The number of hydrogen-bond acceptors (Lipinski definition) is 2. The third-order valence-electron chi connectivity index (χ3n) is 2.25. The summed E-state index contributed by atoms with van der Waals surface area (Å²) < 4.78 is 0. The Morgan fingerprint density at radius 3 is 2.37 bits per heavy atom. The molecule has 0 atom stereocenters. The van der Waals surface area contributed by atoms with Crippen molar-refractivity contribution in [3.8, 4) is 0 Å². The van der Waals surface area contributed by atoms with Gasteiger partial charge in [0.1, 0.15) is 0 Å². The summed E-state index contributed by atoms with van der Waals surface area (Å²) in [6, 6.07) is 0. The maximum absolute atomic E-state index is 11.5. The van der Waals surface area contributed by atoms with Gasteiger partial charge in [0.05, 0.1) is 6.54 Å². The Hall–Kier alpha value is -1.61. The molecule has 0 heterocycles. The second kappa shape index (κ2) is 14.5. The SMILES string of the molecule is C=C/C=C(\C=C)CCCC(=O)N(O)C/C=C/C.CC. The van der Waals surface area contributed by atoms with Crippen LogP contribution in [0.4, 0.5) is 0 Å². The molecule has 0 aromatic rings. The topological polar surface area (TPSA) is 40.5 Å². The van der Waals surface area contributed by atoms with E-state index in [0.29, 0.717) is 12.8 Å². The van der Waals surface area contributed by atoms with E-state index in [0.717, 1.165) is 17.1 Å². The summed E-state index contributed by atoms with van der Waals surface area (Å²) in [6.45, 7) is 13.4. The van der Waals surface area contributed by atoms with Crippen molar-refractivity contribution >= 4 is 5.91 Å². The van der Waals surface area contributed by atoms with Crippen molar-refractivity contribution in [1.82, 2.24) is 5.06 Å². The number of hydroxylamine groups is 2. The zero-order valence-electron chi connectivity index (χ0n) is 12.4. The third-order valence-corrected chi connectivity index (χ3v) is 2.25. The van der Waals surface area contributed by atoms with Crippen molar-refractivity contribution < 1.29 is 10.0 Å². The molecule has 0 radical (unpaired) electrons. The van der Waals surface area contributed by atoms with Crippen LogP contribution < -0.4 is 0 Å².